The molecule has 0 saturated heterocycles. The molecule has 0 atom stereocenters. The fraction of sp³-hybridized carbons (Fsp3) is 0.154. The summed E-state index contributed by atoms with van der Waals surface area (Å²) < 4.78 is 19.5. The van der Waals surface area contributed by atoms with Crippen LogP contribution in [0.4, 0.5) is 4.39 Å². The van der Waals surface area contributed by atoms with Gasteiger partial charge in [0.05, 0.1) is 12.1 Å². The van der Waals surface area contributed by atoms with Crippen LogP contribution in [0.15, 0.2) is 39.4 Å². The number of hydrogen-bond acceptors (Lipinski definition) is 2. The minimum absolute atomic E-state index is 0.0162. The van der Waals surface area contributed by atoms with Crippen LogP contribution in [-0.2, 0) is 6.54 Å². The summed E-state index contributed by atoms with van der Waals surface area (Å²) in [7, 11) is 1.58. The van der Waals surface area contributed by atoms with Crippen molar-refractivity contribution in [2.45, 2.75) is 6.54 Å². The minimum Gasteiger partial charge on any atom is -0.452 e. The van der Waals surface area contributed by atoms with E-state index in [1.54, 1.807) is 19.2 Å². The number of halogens is 3. The summed E-state index contributed by atoms with van der Waals surface area (Å²) in [6, 6.07) is 7.44. The number of amides is 1. The number of carbonyl (C=O) groups is 1. The molecular formula is C13H10BrClFNO2. The van der Waals surface area contributed by atoms with Crippen LogP contribution in [0.1, 0.15) is 16.1 Å². The van der Waals surface area contributed by atoms with Crippen molar-refractivity contribution >= 4 is 33.4 Å². The van der Waals surface area contributed by atoms with Crippen molar-refractivity contribution in [1.29, 1.82) is 0 Å². The molecular weight excluding hydrogens is 337 g/mol. The maximum Gasteiger partial charge on any atom is 0.256 e. The zero-order valence-corrected chi connectivity index (χ0v) is 12.3. The average Bonchev–Trinajstić information content (AvgIpc) is 2.74. The van der Waals surface area contributed by atoms with Crippen LogP contribution in [0, 0.1) is 5.82 Å². The molecule has 2 rings (SSSR count). The SMILES string of the molecule is CN(Cc1ccc(Br)o1)C(=O)c1ccc(Cl)cc1F. The van der Waals surface area contributed by atoms with Crippen LogP contribution in [-0.4, -0.2) is 17.9 Å². The van der Waals surface area contributed by atoms with Gasteiger partial charge in [-0.2, -0.15) is 0 Å². The first-order valence-corrected chi connectivity index (χ1v) is 6.59. The van der Waals surface area contributed by atoms with E-state index >= 15 is 0 Å². The quantitative estimate of drug-likeness (QED) is 0.838. The Morgan fingerprint density at radius 2 is 2.16 bits per heavy atom. The Hall–Kier alpha value is -1.33. The number of benzene rings is 1. The van der Waals surface area contributed by atoms with Gasteiger partial charge in [0.15, 0.2) is 4.67 Å². The van der Waals surface area contributed by atoms with Crippen molar-refractivity contribution in [2.24, 2.45) is 0 Å². The summed E-state index contributed by atoms with van der Waals surface area (Å²) >= 11 is 8.83. The van der Waals surface area contributed by atoms with Gasteiger partial charge in [0.25, 0.3) is 5.91 Å². The molecule has 0 spiro atoms. The average molecular weight is 347 g/mol. The monoisotopic (exact) mass is 345 g/mol. The van der Waals surface area contributed by atoms with Crippen LogP contribution in [0.5, 0.6) is 0 Å². The molecule has 1 amide bonds. The first-order chi connectivity index (χ1) is 8.97. The van der Waals surface area contributed by atoms with Gasteiger partial charge in [-0.3, -0.25) is 4.79 Å². The molecule has 1 heterocycles. The van der Waals surface area contributed by atoms with E-state index < -0.39 is 11.7 Å². The highest BCUT2D eigenvalue weighted by Gasteiger charge is 2.17. The van der Waals surface area contributed by atoms with Crippen LogP contribution in [0.2, 0.25) is 5.02 Å². The fourth-order valence-electron chi connectivity index (χ4n) is 1.61. The molecule has 0 aliphatic rings. The fourth-order valence-corrected chi connectivity index (χ4v) is 2.11. The Kier molecular flexibility index (Phi) is 4.27. The summed E-state index contributed by atoms with van der Waals surface area (Å²) in [6.07, 6.45) is 0. The molecule has 3 nitrogen and oxygen atoms in total. The smallest absolute Gasteiger partial charge is 0.256 e. The zero-order chi connectivity index (χ0) is 14.0. The van der Waals surface area contributed by atoms with Crippen LogP contribution < -0.4 is 0 Å². The molecule has 0 N–H and O–H groups in total. The Labute approximate surface area is 123 Å². The maximum absolute atomic E-state index is 13.6. The van der Waals surface area contributed by atoms with Crippen molar-refractivity contribution in [3.8, 4) is 0 Å². The normalized spacial score (nSPS) is 10.5. The molecule has 0 aliphatic carbocycles. The number of rotatable bonds is 3. The minimum atomic E-state index is -0.634. The summed E-state index contributed by atoms with van der Waals surface area (Å²) in [6.45, 7) is 0.256. The summed E-state index contributed by atoms with van der Waals surface area (Å²) in [5, 5.41) is 0.256. The molecule has 0 bridgehead atoms. The molecule has 0 fully saturated rings. The zero-order valence-electron chi connectivity index (χ0n) is 9.99. The van der Waals surface area contributed by atoms with Crippen LogP contribution >= 0.6 is 27.5 Å². The lowest BCUT2D eigenvalue weighted by atomic mass is 10.2. The third-order valence-electron chi connectivity index (χ3n) is 2.53. The van der Waals surface area contributed by atoms with Gasteiger partial charge in [0.1, 0.15) is 11.6 Å². The second-order valence-electron chi connectivity index (χ2n) is 3.99. The van der Waals surface area contributed by atoms with Crippen molar-refractivity contribution in [3.63, 3.8) is 0 Å². The molecule has 1 aromatic carbocycles. The maximum atomic E-state index is 13.6. The lowest BCUT2D eigenvalue weighted by Crippen LogP contribution is -2.26. The molecule has 0 saturated carbocycles. The van der Waals surface area contributed by atoms with E-state index in [2.05, 4.69) is 15.9 Å². The highest BCUT2D eigenvalue weighted by Crippen LogP contribution is 2.18. The summed E-state index contributed by atoms with van der Waals surface area (Å²) in [4.78, 5) is 13.5. The Morgan fingerprint density at radius 1 is 1.42 bits per heavy atom. The van der Waals surface area contributed by atoms with Gasteiger partial charge in [0.2, 0.25) is 0 Å². The van der Waals surface area contributed by atoms with E-state index in [0.717, 1.165) is 6.07 Å². The standard InChI is InChI=1S/C13H10BrClFNO2/c1-17(7-9-3-5-12(14)19-9)13(18)10-4-2-8(15)6-11(10)16/h2-6H,7H2,1H3. The summed E-state index contributed by atoms with van der Waals surface area (Å²) in [5.41, 5.74) is -0.0162. The molecule has 0 unspecified atom stereocenters. The largest absolute Gasteiger partial charge is 0.452 e. The Morgan fingerprint density at radius 3 is 2.74 bits per heavy atom. The molecule has 2 aromatic rings. The van der Waals surface area contributed by atoms with Crippen LogP contribution in [0.25, 0.3) is 0 Å². The predicted molar refractivity (Wildman–Crippen MR) is 73.6 cm³/mol. The number of hydrogen-bond donors (Lipinski definition) is 0. The van der Waals surface area contributed by atoms with Crippen molar-refractivity contribution < 1.29 is 13.6 Å². The third-order valence-corrected chi connectivity index (χ3v) is 3.19. The second-order valence-corrected chi connectivity index (χ2v) is 5.21. The Bertz CT molecular complexity index is 614. The van der Waals surface area contributed by atoms with Crippen molar-refractivity contribution in [3.05, 3.63) is 57.2 Å². The van der Waals surface area contributed by atoms with Gasteiger partial charge in [-0.15, -0.1) is 0 Å². The van der Waals surface area contributed by atoms with E-state index in [-0.39, 0.29) is 17.1 Å². The van der Waals surface area contributed by atoms with Gasteiger partial charge in [-0.25, -0.2) is 4.39 Å². The highest BCUT2D eigenvalue weighted by atomic mass is 79.9. The molecule has 0 radical (unpaired) electrons. The van der Waals surface area contributed by atoms with E-state index in [1.165, 1.54) is 17.0 Å². The van der Waals surface area contributed by atoms with Gasteiger partial charge in [0, 0.05) is 12.1 Å². The molecule has 0 aliphatic heterocycles. The van der Waals surface area contributed by atoms with Crippen LogP contribution in [0.3, 0.4) is 0 Å². The van der Waals surface area contributed by atoms with Gasteiger partial charge >= 0.3 is 0 Å². The van der Waals surface area contributed by atoms with E-state index in [0.29, 0.717) is 10.4 Å². The van der Waals surface area contributed by atoms with Gasteiger partial charge < -0.3 is 9.32 Å². The van der Waals surface area contributed by atoms with E-state index in [4.69, 9.17) is 16.0 Å². The number of carbonyl (C=O) groups excluding carboxylic acids is 1. The van der Waals surface area contributed by atoms with Gasteiger partial charge in [-0.1, -0.05) is 11.6 Å². The van der Waals surface area contributed by atoms with Crippen molar-refractivity contribution in [2.75, 3.05) is 7.05 Å². The molecule has 1 aromatic heterocycles. The van der Waals surface area contributed by atoms with E-state index in [1.807, 2.05) is 0 Å². The topological polar surface area (TPSA) is 33.5 Å². The lowest BCUT2D eigenvalue weighted by Gasteiger charge is -2.16. The second kappa shape index (κ2) is 5.75. The highest BCUT2D eigenvalue weighted by molar-refractivity contribution is 9.10. The Balaban J connectivity index is 2.14. The molecule has 6 heteroatoms. The molecule has 19 heavy (non-hydrogen) atoms. The number of furan rings is 1. The molecule has 100 valence electrons. The first kappa shape index (κ1) is 14.1. The lowest BCUT2D eigenvalue weighted by molar-refractivity contribution is 0.0770. The number of nitrogens with zero attached hydrogens (tertiary/aromatic N) is 1. The van der Waals surface area contributed by atoms with Crippen molar-refractivity contribution in [1.82, 2.24) is 4.90 Å². The summed E-state index contributed by atoms with van der Waals surface area (Å²) in [5.74, 6) is -0.455. The third kappa shape index (κ3) is 3.36. The van der Waals surface area contributed by atoms with Gasteiger partial charge in [-0.05, 0) is 46.3 Å². The predicted octanol–water partition coefficient (Wildman–Crippen LogP) is 4.11. The first-order valence-electron chi connectivity index (χ1n) is 5.42. The van der Waals surface area contributed by atoms with E-state index in [9.17, 15) is 9.18 Å².